The van der Waals surface area contributed by atoms with E-state index in [2.05, 4.69) is 92.5 Å². The van der Waals surface area contributed by atoms with E-state index < -0.39 is 0 Å². The molecule has 7 heteroatoms. The standard InChI is InChI=1S/C7H15N.C6H14N2.2C6H13N.C5H11NO.3CH4/c2*1-7-3-5-8(2)6-4-7;1-6-3-4-7(2)5-6;1-6-4-3-5-7(6)2;1-6-2-4-7-5-3-6;;;/h7H,3-6H2,1-2H3;3-6H2,1-2H3;2*6H,3-5H2,1-2H3;2-5H2,1H3;3*1H4. The van der Waals surface area contributed by atoms with Crippen LogP contribution in [0.4, 0.5) is 0 Å². The molecule has 0 N–H and O–H groups in total. The predicted molar refractivity (Wildman–Crippen MR) is 182 cm³/mol. The third kappa shape index (κ3) is 23.3. The Hall–Kier alpha value is -0.280. The van der Waals surface area contributed by atoms with E-state index >= 15 is 0 Å². The highest BCUT2D eigenvalue weighted by molar-refractivity contribution is 4.70. The number of likely N-dealkylation sites (N-methyl/N-ethyl adjacent to an activating group) is 3. The molecular weight excluding hydrogens is 496 g/mol. The molecule has 5 heterocycles. The van der Waals surface area contributed by atoms with Crippen LogP contribution >= 0.6 is 0 Å². The average Bonchev–Trinajstić information content (AvgIpc) is 3.45. The van der Waals surface area contributed by atoms with Crippen molar-refractivity contribution in [2.45, 2.75) is 81.2 Å². The van der Waals surface area contributed by atoms with Gasteiger partial charge in [-0.2, -0.15) is 0 Å². The maximum atomic E-state index is 5.10. The van der Waals surface area contributed by atoms with E-state index in [9.17, 15) is 0 Å². The van der Waals surface area contributed by atoms with Gasteiger partial charge in [0.1, 0.15) is 0 Å². The predicted octanol–water partition coefficient (Wildman–Crippen LogP) is 5.13. The summed E-state index contributed by atoms with van der Waals surface area (Å²) in [6.45, 7) is 22.4. The Morgan fingerprint density at radius 3 is 1.07 bits per heavy atom. The molecule has 0 spiro atoms. The van der Waals surface area contributed by atoms with Gasteiger partial charge >= 0.3 is 0 Å². The van der Waals surface area contributed by atoms with E-state index in [0.717, 1.165) is 44.2 Å². The first-order valence-corrected chi connectivity index (χ1v) is 15.3. The summed E-state index contributed by atoms with van der Waals surface area (Å²) in [5.41, 5.74) is 0. The summed E-state index contributed by atoms with van der Waals surface area (Å²) in [5.74, 6) is 1.93. The number of hydrogen-bond acceptors (Lipinski definition) is 7. The molecule has 0 bridgehead atoms. The molecule has 0 radical (unpaired) electrons. The zero-order valence-corrected chi connectivity index (χ0v) is 26.6. The molecule has 7 nitrogen and oxygen atoms in total. The van der Waals surface area contributed by atoms with Crippen LogP contribution in [-0.4, -0.2) is 163 Å². The van der Waals surface area contributed by atoms with Crippen LogP contribution in [0.3, 0.4) is 0 Å². The number of hydrogen-bond donors (Lipinski definition) is 0. The average molecular weight is 575 g/mol. The molecule has 5 rings (SSSR count). The minimum absolute atomic E-state index is 0. The van der Waals surface area contributed by atoms with Crippen molar-refractivity contribution in [3.63, 3.8) is 0 Å². The van der Waals surface area contributed by atoms with Crippen molar-refractivity contribution >= 4 is 0 Å². The number of morpholine rings is 1. The van der Waals surface area contributed by atoms with Crippen LogP contribution < -0.4 is 0 Å². The molecule has 0 aliphatic carbocycles. The fourth-order valence-corrected chi connectivity index (χ4v) is 4.93. The van der Waals surface area contributed by atoms with Crippen molar-refractivity contribution in [3.8, 4) is 0 Å². The number of piperazine rings is 1. The molecule has 2 atom stereocenters. The molecule has 0 saturated carbocycles. The molecule has 5 aliphatic heterocycles. The van der Waals surface area contributed by atoms with Gasteiger partial charge in [-0.1, -0.05) is 36.1 Å². The molecule has 0 amide bonds. The molecule has 0 aromatic rings. The van der Waals surface area contributed by atoms with Crippen LogP contribution in [0.2, 0.25) is 0 Å². The van der Waals surface area contributed by atoms with Gasteiger partial charge in [-0.25, -0.2) is 0 Å². The van der Waals surface area contributed by atoms with Crippen LogP contribution in [-0.2, 0) is 4.74 Å². The van der Waals surface area contributed by atoms with Gasteiger partial charge < -0.3 is 34.1 Å². The minimum Gasteiger partial charge on any atom is -0.379 e. The Balaban J connectivity index is -0.000000420. The van der Waals surface area contributed by atoms with Crippen molar-refractivity contribution in [2.24, 2.45) is 11.8 Å². The second-order valence-corrected chi connectivity index (χ2v) is 12.6. The third-order valence-corrected chi connectivity index (χ3v) is 8.48. The summed E-state index contributed by atoms with van der Waals surface area (Å²) in [5, 5.41) is 0. The second-order valence-electron chi connectivity index (χ2n) is 12.6. The first-order valence-electron chi connectivity index (χ1n) is 15.3. The van der Waals surface area contributed by atoms with Crippen molar-refractivity contribution < 1.29 is 4.74 Å². The van der Waals surface area contributed by atoms with Crippen molar-refractivity contribution in [2.75, 3.05) is 127 Å². The van der Waals surface area contributed by atoms with Gasteiger partial charge in [0.25, 0.3) is 0 Å². The van der Waals surface area contributed by atoms with E-state index in [0.29, 0.717) is 0 Å². The van der Waals surface area contributed by atoms with Gasteiger partial charge in [-0.05, 0) is 119 Å². The summed E-state index contributed by atoms with van der Waals surface area (Å²) < 4.78 is 5.10. The quantitative estimate of drug-likeness (QED) is 0.396. The lowest BCUT2D eigenvalue weighted by molar-refractivity contribution is 0.0503. The molecule has 2 unspecified atom stereocenters. The Bertz CT molecular complexity index is 457. The van der Waals surface area contributed by atoms with Crippen molar-refractivity contribution in [3.05, 3.63) is 0 Å². The summed E-state index contributed by atoms with van der Waals surface area (Å²) in [7, 11) is 13.0. The Morgan fingerprint density at radius 2 is 0.850 bits per heavy atom. The van der Waals surface area contributed by atoms with Crippen LogP contribution in [0.5, 0.6) is 0 Å². The second kappa shape index (κ2) is 26.4. The number of piperidine rings is 1. The number of likely N-dealkylation sites (tertiary alicyclic amines) is 3. The fourth-order valence-electron chi connectivity index (χ4n) is 4.93. The van der Waals surface area contributed by atoms with Gasteiger partial charge in [-0.3, -0.25) is 0 Å². The molecule has 5 saturated heterocycles. The SMILES string of the molecule is C.C.C.CC1CCCN1C.CC1CCN(C)C1.CC1CCN(C)CC1.CN1CCN(C)CC1.CN1CCOCC1. The lowest BCUT2D eigenvalue weighted by atomic mass is 10.00. The first-order chi connectivity index (χ1) is 17.6. The van der Waals surface area contributed by atoms with Crippen LogP contribution in [0.15, 0.2) is 0 Å². The molecule has 246 valence electrons. The van der Waals surface area contributed by atoms with Gasteiger partial charge in [0.05, 0.1) is 13.2 Å². The molecular formula is C33H78N6O. The van der Waals surface area contributed by atoms with Crippen LogP contribution in [0.1, 0.15) is 75.2 Å². The lowest BCUT2D eigenvalue weighted by Crippen LogP contribution is -2.42. The van der Waals surface area contributed by atoms with E-state index in [1.165, 1.54) is 91.0 Å². The number of rotatable bonds is 0. The van der Waals surface area contributed by atoms with Crippen molar-refractivity contribution in [1.29, 1.82) is 0 Å². The summed E-state index contributed by atoms with van der Waals surface area (Å²) in [6.07, 6.45) is 7.00. The topological polar surface area (TPSA) is 28.7 Å². The van der Waals surface area contributed by atoms with Gasteiger partial charge in [-0.15, -0.1) is 0 Å². The number of ether oxygens (including phenoxy) is 1. The maximum absolute atomic E-state index is 5.10. The molecule has 5 fully saturated rings. The minimum atomic E-state index is 0. The highest BCUT2D eigenvalue weighted by Gasteiger charge is 2.15. The fraction of sp³-hybridized carbons (Fsp3) is 1.00. The van der Waals surface area contributed by atoms with E-state index in [4.69, 9.17) is 4.74 Å². The Morgan fingerprint density at radius 1 is 0.450 bits per heavy atom. The summed E-state index contributed by atoms with van der Waals surface area (Å²) in [6, 6.07) is 0.847. The summed E-state index contributed by atoms with van der Waals surface area (Å²) in [4.78, 5) is 14.2. The summed E-state index contributed by atoms with van der Waals surface area (Å²) >= 11 is 0. The van der Waals surface area contributed by atoms with Gasteiger partial charge in [0, 0.05) is 51.9 Å². The van der Waals surface area contributed by atoms with Gasteiger partial charge in [0.2, 0.25) is 0 Å². The molecule has 0 aromatic carbocycles. The third-order valence-electron chi connectivity index (χ3n) is 8.48. The Kier molecular flexibility index (Phi) is 29.1. The molecule has 40 heavy (non-hydrogen) atoms. The maximum Gasteiger partial charge on any atom is 0.0594 e. The van der Waals surface area contributed by atoms with Crippen LogP contribution in [0.25, 0.3) is 0 Å². The molecule has 0 aromatic heterocycles. The smallest absolute Gasteiger partial charge is 0.0594 e. The first kappa shape index (κ1) is 44.2. The van der Waals surface area contributed by atoms with Gasteiger partial charge in [0.15, 0.2) is 0 Å². The van der Waals surface area contributed by atoms with E-state index in [1.54, 1.807) is 0 Å². The largest absolute Gasteiger partial charge is 0.379 e. The zero-order valence-electron chi connectivity index (χ0n) is 26.6. The normalized spacial score (nSPS) is 26.9. The van der Waals surface area contributed by atoms with Crippen molar-refractivity contribution in [1.82, 2.24) is 29.4 Å². The highest BCUT2D eigenvalue weighted by atomic mass is 16.5. The monoisotopic (exact) mass is 575 g/mol. The molecule has 5 aliphatic rings. The van der Waals surface area contributed by atoms with E-state index in [-0.39, 0.29) is 22.3 Å². The Labute approximate surface area is 254 Å². The number of nitrogens with zero attached hydrogens (tertiary/aromatic N) is 6. The lowest BCUT2D eigenvalue weighted by Gasteiger charge is -2.28. The highest BCUT2D eigenvalue weighted by Crippen LogP contribution is 2.14. The zero-order chi connectivity index (χ0) is 27.6. The van der Waals surface area contributed by atoms with E-state index in [1.807, 2.05) is 0 Å². The van der Waals surface area contributed by atoms with Crippen LogP contribution in [0, 0.1) is 11.8 Å².